The zero-order valence-electron chi connectivity index (χ0n) is 11.3. The first-order valence-corrected chi connectivity index (χ1v) is 7.33. The number of hydrogen-bond acceptors (Lipinski definition) is 2. The van der Waals surface area contributed by atoms with E-state index in [9.17, 15) is 0 Å². The molecule has 0 radical (unpaired) electrons. The maximum Gasteiger partial charge on any atom is 0.0226 e. The Bertz CT molecular complexity index is 368. The highest BCUT2D eigenvalue weighted by molar-refractivity contribution is 5.15. The summed E-state index contributed by atoms with van der Waals surface area (Å²) in [6.45, 7) is 6.25. The van der Waals surface area contributed by atoms with Crippen LogP contribution in [0.3, 0.4) is 0 Å². The standard InChI is InChI=1S/C16H24N2/c1-13(11-14-5-3-2-4-6-14)17-16-12-18-9-7-15(16)8-10-18/h2-6,13,15-17H,7-12H2,1H3/t13-,16-/m1/s1. The molecular formula is C16H24N2. The first kappa shape index (κ1) is 12.2. The molecule has 2 bridgehead atoms. The van der Waals surface area contributed by atoms with E-state index in [2.05, 4.69) is 47.5 Å². The predicted molar refractivity (Wildman–Crippen MR) is 75.7 cm³/mol. The Morgan fingerprint density at radius 1 is 1.22 bits per heavy atom. The molecule has 3 saturated heterocycles. The van der Waals surface area contributed by atoms with Gasteiger partial charge in [-0.1, -0.05) is 30.3 Å². The third-order valence-electron chi connectivity index (χ3n) is 4.54. The largest absolute Gasteiger partial charge is 0.310 e. The number of nitrogens with zero attached hydrogens (tertiary/aromatic N) is 1. The zero-order valence-corrected chi connectivity index (χ0v) is 11.3. The maximum absolute atomic E-state index is 3.86. The van der Waals surface area contributed by atoms with Gasteiger partial charge in [-0.25, -0.2) is 0 Å². The van der Waals surface area contributed by atoms with Crippen LogP contribution in [-0.4, -0.2) is 36.6 Å². The lowest BCUT2D eigenvalue weighted by Crippen LogP contribution is -2.57. The molecule has 98 valence electrons. The molecule has 0 amide bonds. The summed E-state index contributed by atoms with van der Waals surface area (Å²) in [5, 5.41) is 3.86. The molecule has 3 fully saturated rings. The molecular weight excluding hydrogens is 220 g/mol. The zero-order chi connectivity index (χ0) is 12.4. The third-order valence-corrected chi connectivity index (χ3v) is 4.54. The molecule has 1 N–H and O–H groups in total. The van der Waals surface area contributed by atoms with Crippen LogP contribution in [-0.2, 0) is 6.42 Å². The van der Waals surface area contributed by atoms with Gasteiger partial charge in [-0.2, -0.15) is 0 Å². The van der Waals surface area contributed by atoms with Crippen LogP contribution in [0.4, 0.5) is 0 Å². The van der Waals surface area contributed by atoms with Gasteiger partial charge < -0.3 is 10.2 Å². The molecule has 2 nitrogen and oxygen atoms in total. The van der Waals surface area contributed by atoms with E-state index in [1.54, 1.807) is 0 Å². The molecule has 2 heteroatoms. The number of nitrogens with one attached hydrogen (secondary N) is 1. The average Bonchev–Trinajstić information content (AvgIpc) is 2.41. The van der Waals surface area contributed by atoms with Crippen molar-refractivity contribution in [3.63, 3.8) is 0 Å². The Labute approximate surface area is 110 Å². The Balaban J connectivity index is 1.53. The second kappa shape index (κ2) is 5.41. The fourth-order valence-electron chi connectivity index (χ4n) is 3.55. The summed E-state index contributed by atoms with van der Waals surface area (Å²) in [4.78, 5) is 2.62. The van der Waals surface area contributed by atoms with Gasteiger partial charge in [0.1, 0.15) is 0 Å². The summed E-state index contributed by atoms with van der Waals surface area (Å²) in [6.07, 6.45) is 3.94. The number of hydrogen-bond donors (Lipinski definition) is 1. The fourth-order valence-corrected chi connectivity index (χ4v) is 3.55. The highest BCUT2D eigenvalue weighted by atomic mass is 15.2. The molecule has 0 spiro atoms. The Kier molecular flexibility index (Phi) is 3.67. The van der Waals surface area contributed by atoms with Crippen LogP contribution in [0.25, 0.3) is 0 Å². The summed E-state index contributed by atoms with van der Waals surface area (Å²) in [5.74, 6) is 0.924. The van der Waals surface area contributed by atoms with E-state index in [0.717, 1.165) is 18.4 Å². The number of piperidine rings is 3. The van der Waals surface area contributed by atoms with Gasteiger partial charge in [-0.05, 0) is 50.8 Å². The predicted octanol–water partition coefficient (Wildman–Crippen LogP) is 2.30. The molecule has 3 aliphatic heterocycles. The van der Waals surface area contributed by atoms with Crippen LogP contribution >= 0.6 is 0 Å². The molecule has 0 aliphatic carbocycles. The van der Waals surface area contributed by atoms with Crippen molar-refractivity contribution in [2.45, 2.75) is 38.3 Å². The van der Waals surface area contributed by atoms with Gasteiger partial charge in [-0.15, -0.1) is 0 Å². The van der Waals surface area contributed by atoms with Crippen LogP contribution in [0.5, 0.6) is 0 Å². The van der Waals surface area contributed by atoms with E-state index in [1.165, 1.54) is 38.0 Å². The van der Waals surface area contributed by atoms with Crippen molar-refractivity contribution in [2.24, 2.45) is 5.92 Å². The van der Waals surface area contributed by atoms with Crippen molar-refractivity contribution in [1.82, 2.24) is 10.2 Å². The fraction of sp³-hybridized carbons (Fsp3) is 0.625. The quantitative estimate of drug-likeness (QED) is 0.874. The Hall–Kier alpha value is -0.860. The molecule has 0 aromatic heterocycles. The van der Waals surface area contributed by atoms with E-state index in [1.807, 2.05) is 0 Å². The molecule has 3 heterocycles. The van der Waals surface area contributed by atoms with E-state index in [4.69, 9.17) is 0 Å². The summed E-state index contributed by atoms with van der Waals surface area (Å²) in [5.41, 5.74) is 1.44. The summed E-state index contributed by atoms with van der Waals surface area (Å²) in [6, 6.07) is 12.1. The minimum Gasteiger partial charge on any atom is -0.310 e. The molecule has 1 aromatic rings. The molecule has 3 aliphatic rings. The molecule has 0 saturated carbocycles. The molecule has 4 rings (SSSR count). The highest BCUT2D eigenvalue weighted by Gasteiger charge is 2.34. The second-order valence-electron chi connectivity index (χ2n) is 6.00. The number of rotatable bonds is 4. The topological polar surface area (TPSA) is 15.3 Å². The smallest absolute Gasteiger partial charge is 0.0226 e. The molecule has 18 heavy (non-hydrogen) atoms. The first-order chi connectivity index (χ1) is 8.81. The van der Waals surface area contributed by atoms with E-state index in [0.29, 0.717) is 6.04 Å². The Morgan fingerprint density at radius 3 is 2.56 bits per heavy atom. The van der Waals surface area contributed by atoms with Gasteiger partial charge in [0.2, 0.25) is 0 Å². The van der Waals surface area contributed by atoms with Crippen molar-refractivity contribution < 1.29 is 0 Å². The summed E-state index contributed by atoms with van der Waals surface area (Å²) < 4.78 is 0. The van der Waals surface area contributed by atoms with Gasteiger partial charge in [0, 0.05) is 18.6 Å². The van der Waals surface area contributed by atoms with Gasteiger partial charge in [0.15, 0.2) is 0 Å². The van der Waals surface area contributed by atoms with Gasteiger partial charge in [0.25, 0.3) is 0 Å². The average molecular weight is 244 g/mol. The normalized spacial score (nSPS) is 32.4. The van der Waals surface area contributed by atoms with Crippen LogP contribution in [0, 0.1) is 5.92 Å². The monoisotopic (exact) mass is 244 g/mol. The molecule has 1 aromatic carbocycles. The summed E-state index contributed by atoms with van der Waals surface area (Å²) in [7, 11) is 0. The van der Waals surface area contributed by atoms with Crippen molar-refractivity contribution in [2.75, 3.05) is 19.6 Å². The van der Waals surface area contributed by atoms with Crippen LogP contribution in [0.1, 0.15) is 25.3 Å². The van der Waals surface area contributed by atoms with Crippen molar-refractivity contribution >= 4 is 0 Å². The number of benzene rings is 1. The van der Waals surface area contributed by atoms with Gasteiger partial charge in [0.05, 0.1) is 0 Å². The maximum atomic E-state index is 3.86. The van der Waals surface area contributed by atoms with E-state index < -0.39 is 0 Å². The van der Waals surface area contributed by atoms with E-state index in [-0.39, 0.29) is 0 Å². The highest BCUT2D eigenvalue weighted by Crippen LogP contribution is 2.27. The SMILES string of the molecule is C[C@H](Cc1ccccc1)N[C@@H]1CN2CCC1CC2. The van der Waals surface area contributed by atoms with Gasteiger partial charge >= 0.3 is 0 Å². The van der Waals surface area contributed by atoms with Crippen molar-refractivity contribution in [3.8, 4) is 0 Å². The number of fused-ring (bicyclic) bond motifs is 3. The lowest BCUT2D eigenvalue weighted by Gasteiger charge is -2.46. The summed E-state index contributed by atoms with van der Waals surface area (Å²) >= 11 is 0. The van der Waals surface area contributed by atoms with Crippen molar-refractivity contribution in [3.05, 3.63) is 35.9 Å². The van der Waals surface area contributed by atoms with Crippen molar-refractivity contribution in [1.29, 1.82) is 0 Å². The lowest BCUT2D eigenvalue weighted by atomic mass is 9.83. The minimum absolute atomic E-state index is 0.581. The van der Waals surface area contributed by atoms with Crippen LogP contribution in [0.15, 0.2) is 30.3 Å². The van der Waals surface area contributed by atoms with Gasteiger partial charge in [-0.3, -0.25) is 0 Å². The lowest BCUT2D eigenvalue weighted by molar-refractivity contribution is 0.0680. The minimum atomic E-state index is 0.581. The molecule has 2 atom stereocenters. The van der Waals surface area contributed by atoms with E-state index >= 15 is 0 Å². The first-order valence-electron chi connectivity index (χ1n) is 7.33. The third kappa shape index (κ3) is 2.76. The Morgan fingerprint density at radius 2 is 1.94 bits per heavy atom. The second-order valence-corrected chi connectivity index (χ2v) is 6.00. The van der Waals surface area contributed by atoms with Crippen LogP contribution in [0.2, 0.25) is 0 Å². The van der Waals surface area contributed by atoms with Crippen LogP contribution < -0.4 is 5.32 Å². The molecule has 0 unspecified atom stereocenters.